The number of hydrogen-bond acceptors (Lipinski definition) is 4. The van der Waals surface area contributed by atoms with Gasteiger partial charge in [0, 0.05) is 34.3 Å². The summed E-state index contributed by atoms with van der Waals surface area (Å²) < 4.78 is 17.0. The summed E-state index contributed by atoms with van der Waals surface area (Å²) in [6.07, 6.45) is 3.34. The molecule has 23 heavy (non-hydrogen) atoms. The van der Waals surface area contributed by atoms with Crippen molar-refractivity contribution in [1.29, 1.82) is 0 Å². The highest BCUT2D eigenvalue weighted by atomic mass is 32.1. The molecule has 2 aromatic carbocycles. The predicted molar refractivity (Wildman–Crippen MR) is 90.8 cm³/mol. The molecule has 0 saturated carbocycles. The molecular weight excluding hydrogens is 308 g/mol. The number of rotatable bonds is 6. The van der Waals surface area contributed by atoms with E-state index in [4.69, 9.17) is 4.74 Å². The van der Waals surface area contributed by atoms with Crippen LogP contribution in [0.1, 0.15) is 5.56 Å². The third-order valence-corrected chi connectivity index (χ3v) is 3.83. The van der Waals surface area contributed by atoms with Crippen molar-refractivity contribution in [2.45, 2.75) is 11.4 Å². The van der Waals surface area contributed by atoms with Crippen molar-refractivity contribution >= 4 is 17.4 Å². The van der Waals surface area contributed by atoms with Gasteiger partial charge in [-0.1, -0.05) is 18.2 Å². The fourth-order valence-electron chi connectivity index (χ4n) is 2.14. The Morgan fingerprint density at radius 2 is 1.87 bits per heavy atom. The molecule has 0 unspecified atom stereocenters. The number of aromatic nitrogens is 1. The van der Waals surface area contributed by atoms with Crippen LogP contribution in [0.4, 0.5) is 5.69 Å². The van der Waals surface area contributed by atoms with Gasteiger partial charge < -0.3 is 10.1 Å². The summed E-state index contributed by atoms with van der Waals surface area (Å²) in [4.78, 5) is 4.71. The lowest BCUT2D eigenvalue weighted by Crippen LogP contribution is -2.01. The van der Waals surface area contributed by atoms with Crippen LogP contribution in [0.3, 0.4) is 0 Å². The first kappa shape index (κ1) is 15.1. The standard InChI is InChI=1S/C18H15N2O2S/c21-23-18-9-8-16(22-17-7-4-10-19-13-17)11-14(18)12-20-15-5-2-1-3-6-15/h1-11,13,20H,12H2/q+1. The van der Waals surface area contributed by atoms with Gasteiger partial charge in [0.15, 0.2) is 0 Å². The van der Waals surface area contributed by atoms with Crippen LogP contribution in [0.5, 0.6) is 11.5 Å². The zero-order valence-electron chi connectivity index (χ0n) is 12.3. The van der Waals surface area contributed by atoms with Gasteiger partial charge in [-0.2, -0.15) is 0 Å². The number of benzene rings is 2. The van der Waals surface area contributed by atoms with Gasteiger partial charge in [-0.05, 0) is 36.4 Å². The van der Waals surface area contributed by atoms with Gasteiger partial charge in [0.2, 0.25) is 0 Å². The number of nitrogens with one attached hydrogen (secondary N) is 1. The van der Waals surface area contributed by atoms with Crippen LogP contribution in [0.15, 0.2) is 78.0 Å². The van der Waals surface area contributed by atoms with Crippen molar-refractivity contribution in [2.75, 3.05) is 5.32 Å². The molecule has 5 heteroatoms. The Labute approximate surface area is 138 Å². The SMILES string of the molecule is O=[S+]c1ccc(Oc2cccnc2)cc1CNc1ccccc1. The lowest BCUT2D eigenvalue weighted by Gasteiger charge is -2.08. The maximum Gasteiger partial charge on any atom is 0.505 e. The summed E-state index contributed by atoms with van der Waals surface area (Å²) in [5, 5.41) is 3.31. The molecule has 0 aliphatic heterocycles. The molecule has 1 heterocycles. The zero-order valence-corrected chi connectivity index (χ0v) is 13.1. The highest BCUT2D eigenvalue weighted by Crippen LogP contribution is 2.24. The van der Waals surface area contributed by atoms with E-state index in [1.165, 1.54) is 0 Å². The fraction of sp³-hybridized carbons (Fsp3) is 0.0556. The Morgan fingerprint density at radius 3 is 2.61 bits per heavy atom. The topological polar surface area (TPSA) is 51.2 Å². The summed E-state index contributed by atoms with van der Waals surface area (Å²) in [7, 11) is 0. The van der Waals surface area contributed by atoms with Crippen LogP contribution in [-0.2, 0) is 22.4 Å². The van der Waals surface area contributed by atoms with Gasteiger partial charge in [-0.15, -0.1) is 0 Å². The lowest BCUT2D eigenvalue weighted by atomic mass is 10.2. The number of ether oxygens (including phenoxy) is 1. The van der Waals surface area contributed by atoms with Crippen molar-refractivity contribution in [3.05, 3.63) is 78.6 Å². The van der Waals surface area contributed by atoms with Gasteiger partial charge in [-0.3, -0.25) is 4.98 Å². The fourth-order valence-corrected chi connectivity index (χ4v) is 2.50. The van der Waals surface area contributed by atoms with E-state index in [1.54, 1.807) is 24.5 Å². The molecule has 0 aliphatic rings. The second-order valence-electron chi connectivity index (χ2n) is 4.86. The summed E-state index contributed by atoms with van der Waals surface area (Å²) in [6.45, 7) is 0.554. The number of para-hydroxylation sites is 1. The van der Waals surface area contributed by atoms with Crippen LogP contribution in [0, 0.1) is 0 Å². The van der Waals surface area contributed by atoms with E-state index >= 15 is 0 Å². The molecule has 4 nitrogen and oxygen atoms in total. The van der Waals surface area contributed by atoms with E-state index in [-0.39, 0.29) is 0 Å². The molecule has 0 spiro atoms. The molecule has 0 bridgehead atoms. The van der Waals surface area contributed by atoms with E-state index in [0.717, 1.165) is 11.3 Å². The second-order valence-corrected chi connectivity index (χ2v) is 5.47. The first-order chi connectivity index (χ1) is 11.3. The third-order valence-electron chi connectivity index (χ3n) is 3.25. The van der Waals surface area contributed by atoms with E-state index in [9.17, 15) is 4.21 Å². The Bertz CT molecular complexity index is 780. The Balaban J connectivity index is 1.77. The number of hydrogen-bond donors (Lipinski definition) is 1. The largest absolute Gasteiger partial charge is 0.505 e. The maximum absolute atomic E-state index is 11.3. The summed E-state index contributed by atoms with van der Waals surface area (Å²) >= 11 is 0.488. The highest BCUT2D eigenvalue weighted by Gasteiger charge is 2.15. The van der Waals surface area contributed by atoms with Crippen molar-refractivity contribution in [1.82, 2.24) is 4.98 Å². The monoisotopic (exact) mass is 323 g/mol. The third kappa shape index (κ3) is 4.11. The van der Waals surface area contributed by atoms with E-state index < -0.39 is 0 Å². The van der Waals surface area contributed by atoms with Crippen LogP contribution in [0.25, 0.3) is 0 Å². The minimum Gasteiger partial charge on any atom is -0.456 e. The minimum absolute atomic E-state index is 0.488. The van der Waals surface area contributed by atoms with Gasteiger partial charge >= 0.3 is 11.7 Å². The number of pyridine rings is 1. The minimum atomic E-state index is 0.488. The van der Waals surface area contributed by atoms with Crippen LogP contribution in [-0.4, -0.2) is 4.98 Å². The molecule has 3 aromatic rings. The summed E-state index contributed by atoms with van der Waals surface area (Å²) in [5.74, 6) is 1.35. The molecule has 0 saturated heterocycles. The van der Waals surface area contributed by atoms with Gasteiger partial charge in [0.05, 0.1) is 6.20 Å². The molecule has 0 fully saturated rings. The maximum atomic E-state index is 11.3. The molecule has 1 aromatic heterocycles. The van der Waals surface area contributed by atoms with Gasteiger partial charge in [0.1, 0.15) is 11.5 Å². The molecule has 114 valence electrons. The smallest absolute Gasteiger partial charge is 0.456 e. The van der Waals surface area contributed by atoms with E-state index in [0.29, 0.717) is 34.6 Å². The molecule has 0 aliphatic carbocycles. The van der Waals surface area contributed by atoms with Crippen molar-refractivity contribution in [2.24, 2.45) is 0 Å². The predicted octanol–water partition coefficient (Wildman–Crippen LogP) is 4.27. The normalized spacial score (nSPS) is 10.1. The average molecular weight is 323 g/mol. The highest BCUT2D eigenvalue weighted by molar-refractivity contribution is 7.65. The second kappa shape index (κ2) is 7.47. The Morgan fingerprint density at radius 1 is 1.00 bits per heavy atom. The van der Waals surface area contributed by atoms with E-state index in [1.807, 2.05) is 48.5 Å². The molecular formula is C18H15N2O2S+. The first-order valence-corrected chi connectivity index (χ1v) is 7.89. The average Bonchev–Trinajstić information content (AvgIpc) is 2.62. The Kier molecular flexibility index (Phi) is 4.91. The van der Waals surface area contributed by atoms with Crippen molar-refractivity contribution in [3.63, 3.8) is 0 Å². The molecule has 0 radical (unpaired) electrons. The number of anilines is 1. The van der Waals surface area contributed by atoms with Crippen LogP contribution >= 0.6 is 0 Å². The van der Waals surface area contributed by atoms with Crippen LogP contribution < -0.4 is 10.1 Å². The molecule has 0 amide bonds. The zero-order chi connectivity index (χ0) is 15.9. The molecule has 0 atom stereocenters. The summed E-state index contributed by atoms with van der Waals surface area (Å²) in [5.41, 5.74) is 1.91. The molecule has 1 N–H and O–H groups in total. The Hall–Kier alpha value is -2.79. The number of nitrogens with zero attached hydrogens (tertiary/aromatic N) is 1. The van der Waals surface area contributed by atoms with Crippen LogP contribution in [0.2, 0.25) is 0 Å². The van der Waals surface area contributed by atoms with Crippen molar-refractivity contribution < 1.29 is 8.95 Å². The van der Waals surface area contributed by atoms with Gasteiger partial charge in [0.25, 0.3) is 4.90 Å². The first-order valence-electron chi connectivity index (χ1n) is 7.15. The quantitative estimate of drug-likeness (QED) is 0.688. The lowest BCUT2D eigenvalue weighted by molar-refractivity contribution is 0.479. The summed E-state index contributed by atoms with van der Waals surface area (Å²) in [6, 6.07) is 19.0. The van der Waals surface area contributed by atoms with Gasteiger partial charge in [-0.25, -0.2) is 0 Å². The van der Waals surface area contributed by atoms with Crippen molar-refractivity contribution in [3.8, 4) is 11.5 Å². The van der Waals surface area contributed by atoms with E-state index in [2.05, 4.69) is 10.3 Å². The molecule has 3 rings (SSSR count).